The van der Waals surface area contributed by atoms with Crippen molar-refractivity contribution in [3.8, 4) is 11.5 Å². The zero-order valence-electron chi connectivity index (χ0n) is 31.1. The Morgan fingerprint density at radius 2 is 1.02 bits per heavy atom. The molecule has 4 aliphatic rings. The standard InChI is InChI=1S/C44H53BrO3/c1-39(2,3)31-16-25-13-26(17-31)15-28-19-33(41(7,8)9)21-30-23-44(48-36(28)30)37(45)34(42(10,11)12)24-43(38(44)46)22-29-20-32(40(4,5)6)18-27(14-25)35(29)47-43/h13,16-21,24,37H,14-15,22-23H2,1-12H3/t37-,43?,44?/m0/s1. The average Bonchev–Trinajstić information content (AvgIpc) is 3.52. The molecule has 3 atom stereocenters. The zero-order chi connectivity index (χ0) is 35.0. The van der Waals surface area contributed by atoms with E-state index < -0.39 is 11.2 Å². The molecule has 3 aromatic rings. The van der Waals surface area contributed by atoms with Crippen molar-refractivity contribution < 1.29 is 14.3 Å². The van der Waals surface area contributed by atoms with E-state index in [0.717, 1.165) is 52.2 Å². The molecule has 0 amide bonds. The van der Waals surface area contributed by atoms with Gasteiger partial charge >= 0.3 is 0 Å². The normalized spacial score (nSPS) is 24.9. The molecule has 0 aromatic heterocycles. The van der Waals surface area contributed by atoms with Crippen molar-refractivity contribution in [1.82, 2.24) is 0 Å². The number of carbonyl (C=O) groups excluding carboxylic acids is 1. The maximum absolute atomic E-state index is 15.4. The SMILES string of the molecule is CC(C)(C)C1=CC23Cc4cc(C(C)(C)C)cc(c4O2)Cc2cc(cc(C(C)(C)C)c2)Cc2cc(C(C)(C)C)cc4c2OC(C4)(C3=O)[C@H]1Br. The highest BCUT2D eigenvalue weighted by atomic mass is 79.9. The summed E-state index contributed by atoms with van der Waals surface area (Å²) in [6, 6.07) is 16.4. The average molecular weight is 710 g/mol. The van der Waals surface area contributed by atoms with Gasteiger partial charge in [0, 0.05) is 25.7 Å². The van der Waals surface area contributed by atoms with Gasteiger partial charge in [0.2, 0.25) is 5.78 Å². The van der Waals surface area contributed by atoms with E-state index in [1.54, 1.807) is 0 Å². The molecular formula is C44H53BrO3. The molecule has 0 saturated heterocycles. The van der Waals surface area contributed by atoms with Gasteiger partial charge in [-0.15, -0.1) is 0 Å². The second-order valence-electron chi connectivity index (χ2n) is 19.3. The van der Waals surface area contributed by atoms with Crippen LogP contribution >= 0.6 is 15.9 Å². The number of hydrogen-bond donors (Lipinski definition) is 0. The number of benzene rings is 3. The first-order valence-corrected chi connectivity index (χ1v) is 18.7. The van der Waals surface area contributed by atoms with Crippen LogP contribution in [0.1, 0.15) is 133 Å². The van der Waals surface area contributed by atoms with Crippen molar-refractivity contribution in [2.45, 2.75) is 141 Å². The minimum absolute atomic E-state index is 0.0114. The first kappa shape index (κ1) is 33.6. The Hall–Kier alpha value is -2.85. The van der Waals surface area contributed by atoms with Gasteiger partial charge in [0.1, 0.15) is 11.5 Å². The lowest BCUT2D eigenvalue weighted by atomic mass is 9.66. The summed E-state index contributed by atoms with van der Waals surface area (Å²) in [7, 11) is 0. The molecule has 0 N–H and O–H groups in total. The Morgan fingerprint density at radius 1 is 0.583 bits per heavy atom. The van der Waals surface area contributed by atoms with Crippen LogP contribution in [0.25, 0.3) is 0 Å². The number of alkyl halides is 1. The van der Waals surface area contributed by atoms with E-state index in [1.165, 1.54) is 27.8 Å². The molecule has 2 unspecified atom stereocenters. The van der Waals surface area contributed by atoms with E-state index in [4.69, 9.17) is 9.47 Å². The van der Waals surface area contributed by atoms with Gasteiger partial charge in [-0.3, -0.25) is 4.79 Å². The first-order chi connectivity index (χ1) is 22.0. The quantitative estimate of drug-likeness (QED) is 0.172. The van der Waals surface area contributed by atoms with Gasteiger partial charge < -0.3 is 9.47 Å². The van der Waals surface area contributed by atoms with Gasteiger partial charge in [-0.1, -0.05) is 141 Å². The molecule has 1 aliphatic carbocycles. The largest absolute Gasteiger partial charge is 0.477 e. The molecular weight excluding hydrogens is 656 g/mol. The minimum Gasteiger partial charge on any atom is -0.477 e. The predicted molar refractivity (Wildman–Crippen MR) is 200 cm³/mol. The number of ketones is 1. The Bertz CT molecular complexity index is 1900. The van der Waals surface area contributed by atoms with Gasteiger partial charge in [0.15, 0.2) is 11.2 Å². The number of carbonyl (C=O) groups is 1. The van der Waals surface area contributed by atoms with Crippen LogP contribution in [-0.4, -0.2) is 21.8 Å². The van der Waals surface area contributed by atoms with E-state index in [2.05, 4.69) is 148 Å². The third-order valence-electron chi connectivity index (χ3n) is 11.1. The van der Waals surface area contributed by atoms with E-state index in [1.807, 2.05) is 0 Å². The number of Topliss-reactive ketones (excluding diaryl/α,β-unsaturated/α-hetero) is 1. The molecule has 48 heavy (non-hydrogen) atoms. The van der Waals surface area contributed by atoms with Crippen LogP contribution < -0.4 is 9.47 Å². The second kappa shape index (κ2) is 10.3. The lowest BCUT2D eigenvalue weighted by Crippen LogP contribution is -2.65. The Kier molecular flexibility index (Phi) is 7.25. The molecule has 6 bridgehead atoms. The number of hydrogen-bond acceptors (Lipinski definition) is 3. The number of fused-ring (bicyclic) bond motifs is 2. The van der Waals surface area contributed by atoms with Crippen molar-refractivity contribution >= 4 is 21.7 Å². The van der Waals surface area contributed by atoms with Crippen molar-refractivity contribution in [1.29, 1.82) is 0 Å². The Labute approximate surface area is 297 Å². The molecule has 3 nitrogen and oxygen atoms in total. The Morgan fingerprint density at radius 3 is 1.50 bits per heavy atom. The van der Waals surface area contributed by atoms with Gasteiger partial charge in [-0.25, -0.2) is 0 Å². The summed E-state index contributed by atoms with van der Waals surface area (Å²) in [5.74, 6) is 1.77. The maximum atomic E-state index is 15.4. The van der Waals surface area contributed by atoms with Crippen LogP contribution in [0.5, 0.6) is 11.5 Å². The smallest absolute Gasteiger partial charge is 0.225 e. The lowest BCUT2D eigenvalue weighted by Gasteiger charge is -2.46. The van der Waals surface area contributed by atoms with Gasteiger partial charge in [-0.05, 0) is 83.4 Å². The van der Waals surface area contributed by atoms with Crippen LogP contribution in [0, 0.1) is 5.41 Å². The fourth-order valence-corrected chi connectivity index (χ4v) is 9.47. The molecule has 7 rings (SSSR count). The summed E-state index contributed by atoms with van der Waals surface area (Å²) < 4.78 is 14.4. The third kappa shape index (κ3) is 5.31. The van der Waals surface area contributed by atoms with Gasteiger partial charge in [0.05, 0.1) is 4.83 Å². The van der Waals surface area contributed by atoms with Gasteiger partial charge in [-0.2, -0.15) is 0 Å². The predicted octanol–water partition coefficient (Wildman–Crippen LogP) is 10.4. The van der Waals surface area contributed by atoms with Crippen LogP contribution in [0.3, 0.4) is 0 Å². The highest BCUT2D eigenvalue weighted by molar-refractivity contribution is 9.09. The summed E-state index contributed by atoms with van der Waals surface area (Å²) in [5.41, 5.74) is 9.51. The van der Waals surface area contributed by atoms with E-state index in [0.29, 0.717) is 12.8 Å². The Balaban J connectivity index is 1.55. The molecule has 0 fully saturated rings. The lowest BCUT2D eigenvalue weighted by molar-refractivity contribution is -0.146. The van der Waals surface area contributed by atoms with Crippen LogP contribution in [-0.2, 0) is 46.7 Å². The van der Waals surface area contributed by atoms with E-state index in [9.17, 15) is 0 Å². The van der Waals surface area contributed by atoms with Crippen molar-refractivity contribution in [3.05, 3.63) is 104 Å². The number of ether oxygens (including phenoxy) is 2. The van der Waals surface area contributed by atoms with E-state index in [-0.39, 0.29) is 32.3 Å². The van der Waals surface area contributed by atoms with E-state index >= 15 is 4.79 Å². The molecule has 0 saturated carbocycles. The number of rotatable bonds is 0. The summed E-state index contributed by atoms with van der Waals surface area (Å²) in [6.07, 6.45) is 4.66. The maximum Gasteiger partial charge on any atom is 0.225 e. The summed E-state index contributed by atoms with van der Waals surface area (Å²) in [5, 5.41) is 0. The van der Waals surface area contributed by atoms with Crippen LogP contribution in [0.4, 0.5) is 0 Å². The first-order valence-electron chi connectivity index (χ1n) is 17.8. The monoisotopic (exact) mass is 708 g/mol. The van der Waals surface area contributed by atoms with Crippen molar-refractivity contribution in [3.63, 3.8) is 0 Å². The van der Waals surface area contributed by atoms with Gasteiger partial charge in [0.25, 0.3) is 0 Å². The zero-order valence-corrected chi connectivity index (χ0v) is 32.7. The second-order valence-corrected chi connectivity index (χ2v) is 20.2. The van der Waals surface area contributed by atoms with Crippen molar-refractivity contribution in [2.75, 3.05) is 0 Å². The van der Waals surface area contributed by atoms with Crippen molar-refractivity contribution in [2.24, 2.45) is 5.41 Å². The van der Waals surface area contributed by atoms with Crippen LogP contribution in [0.15, 0.2) is 54.1 Å². The molecule has 0 radical (unpaired) electrons. The summed E-state index contributed by atoms with van der Waals surface area (Å²) in [4.78, 5) is 15.1. The highest BCUT2D eigenvalue weighted by Gasteiger charge is 2.65. The molecule has 254 valence electrons. The molecule has 3 aromatic carbocycles. The topological polar surface area (TPSA) is 35.5 Å². The molecule has 2 spiro atoms. The minimum atomic E-state index is -1.14. The molecule has 3 heterocycles. The number of halogens is 1. The molecule has 3 aliphatic heterocycles. The summed E-state index contributed by atoms with van der Waals surface area (Å²) in [6.45, 7) is 27.2. The van der Waals surface area contributed by atoms with Crippen LogP contribution in [0.2, 0.25) is 0 Å². The third-order valence-corrected chi connectivity index (χ3v) is 12.3. The molecule has 4 heteroatoms. The fourth-order valence-electron chi connectivity index (χ4n) is 8.19. The summed E-state index contributed by atoms with van der Waals surface area (Å²) >= 11 is 4.11. The highest BCUT2D eigenvalue weighted by Crippen LogP contribution is 2.56. The fraction of sp³-hybridized carbons (Fsp3) is 0.523.